The summed E-state index contributed by atoms with van der Waals surface area (Å²) in [4.78, 5) is 14.1. The summed E-state index contributed by atoms with van der Waals surface area (Å²) in [6.07, 6.45) is 8.01. The van der Waals surface area contributed by atoms with Gasteiger partial charge in [-0.25, -0.2) is 4.79 Å². The minimum absolute atomic E-state index is 0.0551. The van der Waals surface area contributed by atoms with Crippen molar-refractivity contribution in [3.05, 3.63) is 0 Å². The molecule has 3 nitrogen and oxygen atoms in total. The number of hydrogen-bond donors (Lipinski definition) is 0. The Bertz CT molecular complexity index is 253. The Balaban J connectivity index is 1.87. The number of ether oxygens (including phenoxy) is 1. The third-order valence-electron chi connectivity index (χ3n) is 4.34. The van der Waals surface area contributed by atoms with Crippen LogP contribution in [-0.2, 0) is 4.74 Å². The van der Waals surface area contributed by atoms with E-state index in [1.165, 1.54) is 32.1 Å². The van der Waals surface area contributed by atoms with Gasteiger partial charge in [0, 0.05) is 12.1 Å². The van der Waals surface area contributed by atoms with Crippen molar-refractivity contribution in [2.75, 3.05) is 6.61 Å². The summed E-state index contributed by atoms with van der Waals surface area (Å²) in [5.74, 6) is 0.826. The SMILES string of the molecule is CCCCOC(=O)N1C2CCC1CC(CC)C2. The zero-order chi connectivity index (χ0) is 12.3. The number of unbranched alkanes of at least 4 members (excludes halogenated alkanes) is 1. The van der Waals surface area contributed by atoms with Gasteiger partial charge in [-0.15, -0.1) is 0 Å². The zero-order valence-electron chi connectivity index (χ0n) is 11.2. The van der Waals surface area contributed by atoms with E-state index < -0.39 is 0 Å². The van der Waals surface area contributed by atoms with Gasteiger partial charge in [0.05, 0.1) is 6.61 Å². The number of carbonyl (C=O) groups excluding carboxylic acids is 1. The van der Waals surface area contributed by atoms with Gasteiger partial charge in [0.1, 0.15) is 0 Å². The quantitative estimate of drug-likeness (QED) is 0.702. The Morgan fingerprint density at radius 2 is 1.88 bits per heavy atom. The fraction of sp³-hybridized carbons (Fsp3) is 0.929. The van der Waals surface area contributed by atoms with E-state index >= 15 is 0 Å². The summed E-state index contributed by atoms with van der Waals surface area (Å²) in [5, 5.41) is 0. The second-order valence-electron chi connectivity index (χ2n) is 5.51. The Hall–Kier alpha value is -0.730. The van der Waals surface area contributed by atoms with Crippen LogP contribution >= 0.6 is 0 Å². The van der Waals surface area contributed by atoms with Gasteiger partial charge >= 0.3 is 6.09 Å². The lowest BCUT2D eigenvalue weighted by Crippen LogP contribution is -2.46. The van der Waals surface area contributed by atoms with Crippen LogP contribution in [0.25, 0.3) is 0 Å². The normalized spacial score (nSPS) is 31.6. The molecule has 0 aromatic carbocycles. The molecular weight excluding hydrogens is 214 g/mol. The Kier molecular flexibility index (Phi) is 4.30. The third-order valence-corrected chi connectivity index (χ3v) is 4.34. The lowest BCUT2D eigenvalue weighted by molar-refractivity contribution is 0.0562. The molecule has 1 amide bonds. The number of nitrogens with zero attached hydrogens (tertiary/aromatic N) is 1. The van der Waals surface area contributed by atoms with Crippen molar-refractivity contribution in [3.63, 3.8) is 0 Å². The number of piperidine rings is 1. The molecule has 0 N–H and O–H groups in total. The lowest BCUT2D eigenvalue weighted by Gasteiger charge is -2.37. The van der Waals surface area contributed by atoms with Crippen molar-refractivity contribution in [1.29, 1.82) is 0 Å². The van der Waals surface area contributed by atoms with Crippen LogP contribution in [0.3, 0.4) is 0 Å². The van der Waals surface area contributed by atoms with E-state index in [2.05, 4.69) is 13.8 Å². The summed E-state index contributed by atoms with van der Waals surface area (Å²) in [6.45, 7) is 4.96. The number of fused-ring (bicyclic) bond motifs is 2. The van der Waals surface area contributed by atoms with E-state index in [0.29, 0.717) is 18.7 Å². The van der Waals surface area contributed by atoms with E-state index in [1.54, 1.807) is 0 Å². The average molecular weight is 239 g/mol. The van der Waals surface area contributed by atoms with Crippen molar-refractivity contribution in [3.8, 4) is 0 Å². The highest BCUT2D eigenvalue weighted by Gasteiger charge is 2.43. The van der Waals surface area contributed by atoms with Crippen LogP contribution in [0.1, 0.15) is 58.8 Å². The lowest BCUT2D eigenvalue weighted by atomic mass is 9.89. The first-order valence-electron chi connectivity index (χ1n) is 7.21. The van der Waals surface area contributed by atoms with Crippen LogP contribution in [0.5, 0.6) is 0 Å². The first-order valence-corrected chi connectivity index (χ1v) is 7.21. The van der Waals surface area contributed by atoms with Gasteiger partial charge in [-0.1, -0.05) is 26.7 Å². The van der Waals surface area contributed by atoms with Gasteiger partial charge in [0.2, 0.25) is 0 Å². The molecule has 17 heavy (non-hydrogen) atoms. The monoisotopic (exact) mass is 239 g/mol. The molecule has 2 saturated heterocycles. The maximum absolute atomic E-state index is 12.0. The Morgan fingerprint density at radius 3 is 2.41 bits per heavy atom. The molecule has 0 saturated carbocycles. The maximum atomic E-state index is 12.0. The molecule has 2 bridgehead atoms. The number of carbonyl (C=O) groups is 1. The molecule has 2 fully saturated rings. The van der Waals surface area contributed by atoms with Gasteiger partial charge in [-0.05, 0) is 38.0 Å². The van der Waals surface area contributed by atoms with Crippen molar-refractivity contribution < 1.29 is 9.53 Å². The molecule has 0 spiro atoms. The van der Waals surface area contributed by atoms with Crippen molar-refractivity contribution in [2.24, 2.45) is 5.92 Å². The van der Waals surface area contributed by atoms with Crippen molar-refractivity contribution in [1.82, 2.24) is 4.90 Å². The van der Waals surface area contributed by atoms with Crippen LogP contribution in [-0.4, -0.2) is 29.7 Å². The van der Waals surface area contributed by atoms with Crippen LogP contribution in [0.2, 0.25) is 0 Å². The number of rotatable bonds is 4. The summed E-state index contributed by atoms with van der Waals surface area (Å²) in [6, 6.07) is 0.931. The van der Waals surface area contributed by atoms with E-state index in [1.807, 2.05) is 4.90 Å². The second-order valence-corrected chi connectivity index (χ2v) is 5.51. The van der Waals surface area contributed by atoms with Crippen LogP contribution in [0.4, 0.5) is 4.79 Å². The summed E-state index contributed by atoms with van der Waals surface area (Å²) >= 11 is 0. The predicted molar refractivity (Wildman–Crippen MR) is 67.9 cm³/mol. The molecule has 2 heterocycles. The highest BCUT2D eigenvalue weighted by atomic mass is 16.6. The van der Waals surface area contributed by atoms with Gasteiger partial charge in [0.15, 0.2) is 0 Å². The zero-order valence-corrected chi connectivity index (χ0v) is 11.2. The van der Waals surface area contributed by atoms with E-state index in [-0.39, 0.29) is 6.09 Å². The summed E-state index contributed by atoms with van der Waals surface area (Å²) < 4.78 is 5.36. The van der Waals surface area contributed by atoms with E-state index in [9.17, 15) is 4.79 Å². The van der Waals surface area contributed by atoms with Crippen LogP contribution in [0.15, 0.2) is 0 Å². The average Bonchev–Trinajstić information content (AvgIpc) is 2.60. The van der Waals surface area contributed by atoms with Crippen molar-refractivity contribution >= 4 is 6.09 Å². The highest BCUT2D eigenvalue weighted by molar-refractivity contribution is 5.69. The molecular formula is C14H25NO2. The molecule has 2 aliphatic rings. The third kappa shape index (κ3) is 2.75. The Labute approximate surface area is 105 Å². The molecule has 0 radical (unpaired) electrons. The second kappa shape index (κ2) is 5.74. The number of hydrogen-bond acceptors (Lipinski definition) is 2. The minimum atomic E-state index is -0.0551. The standard InChI is InChI=1S/C14H25NO2/c1-3-5-8-17-14(16)15-12-6-7-13(15)10-11(4-2)9-12/h11-13H,3-10H2,1-2H3. The topological polar surface area (TPSA) is 29.5 Å². The van der Waals surface area contributed by atoms with Gasteiger partial charge in [0.25, 0.3) is 0 Å². The molecule has 3 heteroatoms. The highest BCUT2D eigenvalue weighted by Crippen LogP contribution is 2.40. The Morgan fingerprint density at radius 1 is 1.24 bits per heavy atom. The van der Waals surface area contributed by atoms with Gasteiger partial charge in [-0.3, -0.25) is 0 Å². The molecule has 2 unspecified atom stereocenters. The minimum Gasteiger partial charge on any atom is -0.449 e. The van der Waals surface area contributed by atoms with Gasteiger partial charge in [-0.2, -0.15) is 0 Å². The number of amides is 1. The fourth-order valence-corrected chi connectivity index (χ4v) is 3.30. The smallest absolute Gasteiger partial charge is 0.410 e. The summed E-state index contributed by atoms with van der Waals surface area (Å²) in [7, 11) is 0. The van der Waals surface area contributed by atoms with E-state index in [4.69, 9.17) is 4.74 Å². The van der Waals surface area contributed by atoms with Crippen molar-refractivity contribution in [2.45, 2.75) is 70.9 Å². The first kappa shape index (κ1) is 12.7. The predicted octanol–water partition coefficient (Wildman–Crippen LogP) is 3.58. The van der Waals surface area contributed by atoms with E-state index in [0.717, 1.165) is 18.8 Å². The molecule has 98 valence electrons. The molecule has 0 aliphatic carbocycles. The molecule has 0 aromatic heterocycles. The van der Waals surface area contributed by atoms with Crippen LogP contribution in [0, 0.1) is 5.92 Å². The molecule has 2 rings (SSSR count). The van der Waals surface area contributed by atoms with Crippen LogP contribution < -0.4 is 0 Å². The maximum Gasteiger partial charge on any atom is 0.410 e. The molecule has 0 aromatic rings. The molecule has 2 aliphatic heterocycles. The summed E-state index contributed by atoms with van der Waals surface area (Å²) in [5.41, 5.74) is 0. The molecule has 2 atom stereocenters. The fourth-order valence-electron chi connectivity index (χ4n) is 3.30. The first-order chi connectivity index (χ1) is 8.26. The largest absolute Gasteiger partial charge is 0.449 e. The van der Waals surface area contributed by atoms with Gasteiger partial charge < -0.3 is 9.64 Å².